The Labute approximate surface area is 195 Å². The SMILES string of the molecule is CCOc1ccc(CCNC(=O)Cn2cnc3sc(C(=O)OC)c(C)c3c2=O)cc1OCC. The van der Waals surface area contributed by atoms with Gasteiger partial charge in [-0.2, -0.15) is 0 Å². The van der Waals surface area contributed by atoms with Crippen molar-refractivity contribution in [3.05, 3.63) is 50.9 Å². The molecule has 0 bridgehead atoms. The van der Waals surface area contributed by atoms with E-state index >= 15 is 0 Å². The maximum absolute atomic E-state index is 12.9. The lowest BCUT2D eigenvalue weighted by atomic mass is 10.1. The molecular formula is C23H27N3O6S. The van der Waals surface area contributed by atoms with Gasteiger partial charge in [0, 0.05) is 6.54 Å². The van der Waals surface area contributed by atoms with Crippen LogP contribution in [0.15, 0.2) is 29.3 Å². The molecule has 0 saturated carbocycles. The smallest absolute Gasteiger partial charge is 0.348 e. The third kappa shape index (κ3) is 5.51. The van der Waals surface area contributed by atoms with Gasteiger partial charge in [0.2, 0.25) is 5.91 Å². The summed E-state index contributed by atoms with van der Waals surface area (Å²) >= 11 is 1.10. The Morgan fingerprint density at radius 2 is 1.88 bits per heavy atom. The first-order chi connectivity index (χ1) is 15.9. The zero-order valence-corrected chi connectivity index (χ0v) is 19.9. The maximum atomic E-state index is 12.9. The van der Waals surface area contributed by atoms with Gasteiger partial charge >= 0.3 is 5.97 Å². The van der Waals surface area contributed by atoms with Crippen LogP contribution in [-0.2, 0) is 22.5 Å². The zero-order valence-electron chi connectivity index (χ0n) is 19.1. The van der Waals surface area contributed by atoms with Crippen LogP contribution in [-0.4, -0.2) is 48.3 Å². The summed E-state index contributed by atoms with van der Waals surface area (Å²) in [6.45, 7) is 6.79. The maximum Gasteiger partial charge on any atom is 0.348 e. The van der Waals surface area contributed by atoms with Crippen molar-refractivity contribution in [2.45, 2.75) is 33.7 Å². The van der Waals surface area contributed by atoms with E-state index in [-0.39, 0.29) is 18.0 Å². The van der Waals surface area contributed by atoms with Crippen molar-refractivity contribution in [2.75, 3.05) is 26.9 Å². The van der Waals surface area contributed by atoms with Gasteiger partial charge in [-0.15, -0.1) is 11.3 Å². The fraction of sp³-hybridized carbons (Fsp3) is 0.391. The number of ether oxygens (including phenoxy) is 3. The van der Waals surface area contributed by atoms with Gasteiger partial charge in [0.25, 0.3) is 5.56 Å². The molecule has 0 spiro atoms. The molecule has 10 heteroatoms. The lowest BCUT2D eigenvalue weighted by molar-refractivity contribution is -0.121. The summed E-state index contributed by atoms with van der Waals surface area (Å²) in [5.74, 6) is 0.538. The first-order valence-corrected chi connectivity index (χ1v) is 11.4. The molecular weight excluding hydrogens is 446 g/mol. The first kappa shape index (κ1) is 24.2. The molecule has 1 aromatic carbocycles. The van der Waals surface area contributed by atoms with E-state index in [2.05, 4.69) is 10.3 Å². The second kappa shape index (κ2) is 11.0. The number of esters is 1. The summed E-state index contributed by atoms with van der Waals surface area (Å²) in [5, 5.41) is 3.15. The molecule has 1 N–H and O–H groups in total. The minimum Gasteiger partial charge on any atom is -0.490 e. The highest BCUT2D eigenvalue weighted by Crippen LogP contribution is 2.29. The van der Waals surface area contributed by atoms with Crippen LogP contribution in [0.4, 0.5) is 0 Å². The number of rotatable bonds is 10. The topological polar surface area (TPSA) is 109 Å². The van der Waals surface area contributed by atoms with Crippen molar-refractivity contribution >= 4 is 33.4 Å². The normalized spacial score (nSPS) is 10.8. The molecule has 2 aromatic heterocycles. The van der Waals surface area contributed by atoms with Gasteiger partial charge in [-0.1, -0.05) is 6.07 Å². The Morgan fingerprint density at radius 1 is 1.15 bits per heavy atom. The molecule has 33 heavy (non-hydrogen) atoms. The van der Waals surface area contributed by atoms with Crippen molar-refractivity contribution in [3.63, 3.8) is 0 Å². The highest BCUT2D eigenvalue weighted by atomic mass is 32.1. The Morgan fingerprint density at radius 3 is 2.58 bits per heavy atom. The standard InChI is InChI=1S/C23H27N3O6S/c1-5-31-16-8-7-15(11-17(16)32-6-2)9-10-24-18(27)12-26-13-25-21-19(22(26)28)14(3)20(33-21)23(29)30-4/h7-8,11,13H,5-6,9-10,12H2,1-4H3,(H,24,27). The molecule has 0 atom stereocenters. The second-order valence-corrected chi connectivity index (χ2v) is 8.15. The van der Waals surface area contributed by atoms with Crippen molar-refractivity contribution in [2.24, 2.45) is 0 Å². The van der Waals surface area contributed by atoms with Gasteiger partial charge in [-0.3, -0.25) is 14.2 Å². The number of benzene rings is 1. The van der Waals surface area contributed by atoms with Gasteiger partial charge in [0.1, 0.15) is 16.3 Å². The van der Waals surface area contributed by atoms with Crippen LogP contribution in [0.25, 0.3) is 10.2 Å². The third-order valence-electron chi connectivity index (χ3n) is 4.95. The summed E-state index contributed by atoms with van der Waals surface area (Å²) in [6.07, 6.45) is 1.92. The number of aromatic nitrogens is 2. The summed E-state index contributed by atoms with van der Waals surface area (Å²) in [4.78, 5) is 42.2. The molecule has 0 fully saturated rings. The summed E-state index contributed by atoms with van der Waals surface area (Å²) in [6, 6.07) is 5.69. The number of carbonyl (C=O) groups excluding carboxylic acids is 2. The lowest BCUT2D eigenvalue weighted by Crippen LogP contribution is -2.33. The first-order valence-electron chi connectivity index (χ1n) is 10.6. The molecule has 9 nitrogen and oxygen atoms in total. The molecule has 0 aliphatic rings. The number of hydrogen-bond donors (Lipinski definition) is 1. The number of thiophene rings is 1. The Kier molecular flexibility index (Phi) is 8.05. The largest absolute Gasteiger partial charge is 0.490 e. The van der Waals surface area contributed by atoms with E-state index in [1.165, 1.54) is 18.0 Å². The van der Waals surface area contributed by atoms with Crippen LogP contribution in [0.1, 0.15) is 34.6 Å². The van der Waals surface area contributed by atoms with Gasteiger partial charge in [0.15, 0.2) is 11.5 Å². The van der Waals surface area contributed by atoms with Crippen LogP contribution < -0.4 is 20.3 Å². The molecule has 0 unspecified atom stereocenters. The van der Waals surface area contributed by atoms with Gasteiger partial charge in [-0.25, -0.2) is 9.78 Å². The minimum absolute atomic E-state index is 0.169. The second-order valence-electron chi connectivity index (χ2n) is 7.15. The number of methoxy groups -OCH3 is 1. The fourth-order valence-electron chi connectivity index (χ4n) is 3.37. The quantitative estimate of drug-likeness (QED) is 0.451. The molecule has 0 aliphatic carbocycles. The van der Waals surface area contributed by atoms with Crippen LogP contribution in [0.3, 0.4) is 0 Å². The van der Waals surface area contributed by atoms with E-state index < -0.39 is 5.97 Å². The Balaban J connectivity index is 1.65. The predicted molar refractivity (Wildman–Crippen MR) is 125 cm³/mol. The lowest BCUT2D eigenvalue weighted by Gasteiger charge is -2.13. The molecule has 176 valence electrons. The van der Waals surface area contributed by atoms with E-state index in [0.717, 1.165) is 16.9 Å². The van der Waals surface area contributed by atoms with E-state index in [4.69, 9.17) is 14.2 Å². The van der Waals surface area contributed by atoms with Crippen LogP contribution in [0.5, 0.6) is 11.5 Å². The van der Waals surface area contributed by atoms with Crippen LogP contribution in [0.2, 0.25) is 0 Å². The van der Waals surface area contributed by atoms with Gasteiger partial charge in [0.05, 0.1) is 32.0 Å². The number of nitrogens with one attached hydrogen (secondary N) is 1. The van der Waals surface area contributed by atoms with E-state index in [1.54, 1.807) is 6.92 Å². The molecule has 3 aromatic rings. The van der Waals surface area contributed by atoms with E-state index in [1.807, 2.05) is 32.0 Å². The molecule has 3 rings (SSSR count). The number of carbonyl (C=O) groups is 2. The third-order valence-corrected chi connectivity index (χ3v) is 6.13. The van der Waals surface area contributed by atoms with E-state index in [9.17, 15) is 14.4 Å². The van der Waals surface area contributed by atoms with Crippen LogP contribution in [0, 0.1) is 6.92 Å². The fourth-order valence-corrected chi connectivity index (χ4v) is 4.42. The average molecular weight is 474 g/mol. The highest BCUT2D eigenvalue weighted by molar-refractivity contribution is 7.20. The molecule has 1 amide bonds. The Hall–Kier alpha value is -3.40. The summed E-state index contributed by atoms with van der Waals surface area (Å²) in [5.41, 5.74) is 1.13. The van der Waals surface area contributed by atoms with Crippen molar-refractivity contribution in [3.8, 4) is 11.5 Å². The predicted octanol–water partition coefficient (Wildman–Crippen LogP) is 2.71. The summed E-state index contributed by atoms with van der Waals surface area (Å²) < 4.78 is 17.2. The van der Waals surface area contributed by atoms with Gasteiger partial charge < -0.3 is 19.5 Å². The number of hydrogen-bond acceptors (Lipinski definition) is 8. The zero-order chi connectivity index (χ0) is 24.0. The van der Waals surface area contributed by atoms with Crippen LogP contribution >= 0.6 is 11.3 Å². The monoisotopic (exact) mass is 473 g/mol. The average Bonchev–Trinajstić information content (AvgIpc) is 3.14. The highest BCUT2D eigenvalue weighted by Gasteiger charge is 2.20. The molecule has 0 saturated heterocycles. The van der Waals surface area contributed by atoms with Gasteiger partial charge in [-0.05, 0) is 50.5 Å². The Bertz CT molecular complexity index is 1220. The number of amides is 1. The number of aryl methyl sites for hydroxylation is 1. The van der Waals surface area contributed by atoms with Crippen molar-refractivity contribution in [1.82, 2.24) is 14.9 Å². The number of nitrogens with zero attached hydrogens (tertiary/aromatic N) is 2. The van der Waals surface area contributed by atoms with Crippen molar-refractivity contribution in [1.29, 1.82) is 0 Å². The molecule has 0 radical (unpaired) electrons. The molecule has 0 aliphatic heterocycles. The number of fused-ring (bicyclic) bond motifs is 1. The minimum atomic E-state index is -0.513. The van der Waals surface area contributed by atoms with Crippen molar-refractivity contribution < 1.29 is 23.8 Å². The molecule has 2 heterocycles. The summed E-state index contributed by atoms with van der Waals surface area (Å²) in [7, 11) is 1.28. The van der Waals surface area contributed by atoms with E-state index in [0.29, 0.717) is 58.3 Å².